The molecule has 0 radical (unpaired) electrons. The smallest absolute Gasteiger partial charge is 0.337 e. The van der Waals surface area contributed by atoms with E-state index in [0.29, 0.717) is 18.7 Å². The van der Waals surface area contributed by atoms with Gasteiger partial charge in [-0.2, -0.15) is 0 Å². The highest BCUT2D eigenvalue weighted by Gasteiger charge is 2.21. The Kier molecular flexibility index (Phi) is 7.98. The highest BCUT2D eigenvalue weighted by molar-refractivity contribution is 9.10. The molecule has 0 atom stereocenters. The van der Waals surface area contributed by atoms with Crippen LogP contribution in [-0.2, 0) is 11.4 Å². The van der Waals surface area contributed by atoms with Gasteiger partial charge in [0.1, 0.15) is 18.2 Å². The molecule has 7 heteroatoms. The van der Waals surface area contributed by atoms with Crippen LogP contribution in [-0.4, -0.2) is 17.0 Å². The third kappa shape index (κ3) is 6.36. The molecule has 3 aromatic carbocycles. The van der Waals surface area contributed by atoms with E-state index in [4.69, 9.17) is 4.74 Å². The molecule has 5 nitrogen and oxygen atoms in total. The van der Waals surface area contributed by atoms with E-state index in [0.717, 1.165) is 40.6 Å². The second-order valence-corrected chi connectivity index (χ2v) is 9.31. The summed E-state index contributed by atoms with van der Waals surface area (Å²) in [7, 11) is 0. The van der Waals surface area contributed by atoms with E-state index < -0.39 is 5.97 Å². The van der Waals surface area contributed by atoms with Crippen LogP contribution in [0, 0.1) is 5.82 Å². The molecule has 1 aliphatic carbocycles. The highest BCUT2D eigenvalue weighted by atomic mass is 79.9. The Hall–Kier alpha value is -3.45. The number of aromatic carboxylic acids is 1. The number of carbonyl (C=O) groups excluding carboxylic acids is 1. The van der Waals surface area contributed by atoms with Gasteiger partial charge in [-0.05, 0) is 79.3 Å². The van der Waals surface area contributed by atoms with Crippen molar-refractivity contribution in [1.29, 1.82) is 0 Å². The van der Waals surface area contributed by atoms with Crippen LogP contribution in [0.1, 0.15) is 53.6 Å². The SMILES string of the molecule is O=C(CCC1=C(c2cc(Br)ccc2OCc2ccc(F)cc2)CCC1)Nc1ccccc1C(=O)O. The lowest BCUT2D eigenvalue weighted by Crippen LogP contribution is -2.14. The predicted octanol–water partition coefficient (Wildman–Crippen LogP) is 7.22. The maximum atomic E-state index is 13.2. The lowest BCUT2D eigenvalue weighted by atomic mass is 9.98. The number of ether oxygens (including phenoxy) is 1. The standard InChI is InChI=1S/C28H25BrFNO4/c29-20-11-14-26(35-17-18-8-12-21(30)13-9-18)24(16-20)22-6-3-4-19(22)10-15-27(32)31-25-7-2-1-5-23(25)28(33)34/h1-2,5,7-9,11-14,16H,3-4,6,10,15,17H2,(H,31,32)(H,33,34). The summed E-state index contributed by atoms with van der Waals surface area (Å²) in [6.07, 6.45) is 3.63. The molecule has 0 saturated carbocycles. The number of halogens is 2. The minimum atomic E-state index is -1.08. The summed E-state index contributed by atoms with van der Waals surface area (Å²) in [6, 6.07) is 18.5. The van der Waals surface area contributed by atoms with Crippen LogP contribution in [0.2, 0.25) is 0 Å². The Bertz CT molecular complexity index is 1270. The third-order valence-electron chi connectivity index (χ3n) is 5.99. The van der Waals surface area contributed by atoms with Gasteiger partial charge in [0.25, 0.3) is 0 Å². The van der Waals surface area contributed by atoms with Crippen LogP contribution < -0.4 is 10.1 Å². The van der Waals surface area contributed by atoms with E-state index in [1.54, 1.807) is 30.3 Å². The molecule has 0 spiro atoms. The second-order valence-electron chi connectivity index (χ2n) is 8.39. The molecule has 1 aliphatic rings. The summed E-state index contributed by atoms with van der Waals surface area (Å²) in [5, 5.41) is 12.1. The number of anilines is 1. The molecule has 0 fully saturated rings. The van der Waals surface area contributed by atoms with Crippen molar-refractivity contribution >= 4 is 39.1 Å². The van der Waals surface area contributed by atoms with Crippen LogP contribution >= 0.6 is 15.9 Å². The lowest BCUT2D eigenvalue weighted by molar-refractivity contribution is -0.116. The van der Waals surface area contributed by atoms with Gasteiger partial charge in [0, 0.05) is 16.5 Å². The van der Waals surface area contributed by atoms with Crippen molar-refractivity contribution in [2.75, 3.05) is 5.32 Å². The number of rotatable bonds is 9. The molecule has 3 aromatic rings. The number of benzene rings is 3. The summed E-state index contributed by atoms with van der Waals surface area (Å²) in [5.41, 5.74) is 4.62. The number of carboxylic acid groups (broad SMARTS) is 1. The third-order valence-corrected chi connectivity index (χ3v) is 6.49. The topological polar surface area (TPSA) is 75.6 Å². The number of allylic oxidation sites excluding steroid dienone is 2. The van der Waals surface area contributed by atoms with Crippen molar-refractivity contribution in [3.8, 4) is 5.75 Å². The molecule has 0 aliphatic heterocycles. The fraction of sp³-hybridized carbons (Fsp3) is 0.214. The fourth-order valence-corrected chi connectivity index (χ4v) is 4.63. The van der Waals surface area contributed by atoms with Crippen LogP contribution in [0.3, 0.4) is 0 Å². The fourth-order valence-electron chi connectivity index (χ4n) is 4.27. The molecule has 0 unspecified atom stereocenters. The summed E-state index contributed by atoms with van der Waals surface area (Å²) < 4.78 is 20.2. The zero-order valence-electron chi connectivity index (χ0n) is 19.0. The van der Waals surface area contributed by atoms with Crippen LogP contribution in [0.25, 0.3) is 5.57 Å². The van der Waals surface area contributed by atoms with Gasteiger partial charge in [0.05, 0.1) is 11.3 Å². The second kappa shape index (κ2) is 11.3. The molecule has 4 rings (SSSR count). The zero-order valence-corrected chi connectivity index (χ0v) is 20.6. The lowest BCUT2D eigenvalue weighted by Gasteiger charge is -2.15. The van der Waals surface area contributed by atoms with Gasteiger partial charge in [-0.25, -0.2) is 9.18 Å². The van der Waals surface area contributed by atoms with E-state index in [9.17, 15) is 19.1 Å². The molecule has 0 heterocycles. The van der Waals surface area contributed by atoms with Gasteiger partial charge in [0.15, 0.2) is 0 Å². The molecule has 0 bridgehead atoms. The summed E-state index contributed by atoms with van der Waals surface area (Å²) in [6.45, 7) is 0.322. The van der Waals surface area contributed by atoms with Gasteiger partial charge in [-0.3, -0.25) is 4.79 Å². The Labute approximate surface area is 211 Å². The average Bonchev–Trinajstić information content (AvgIpc) is 3.31. The quantitative estimate of drug-likeness (QED) is 0.302. The Balaban J connectivity index is 1.48. The molecule has 0 saturated heterocycles. The predicted molar refractivity (Wildman–Crippen MR) is 137 cm³/mol. The number of para-hydroxylation sites is 1. The van der Waals surface area contributed by atoms with Gasteiger partial charge in [-0.15, -0.1) is 0 Å². The maximum Gasteiger partial charge on any atom is 0.337 e. The minimum absolute atomic E-state index is 0.0682. The number of hydrogen-bond donors (Lipinski definition) is 2. The Morgan fingerprint density at radius 3 is 2.57 bits per heavy atom. The van der Waals surface area contributed by atoms with E-state index in [1.165, 1.54) is 29.3 Å². The highest BCUT2D eigenvalue weighted by Crippen LogP contribution is 2.41. The first-order valence-corrected chi connectivity index (χ1v) is 12.2. The van der Waals surface area contributed by atoms with Crippen molar-refractivity contribution in [2.24, 2.45) is 0 Å². The number of carboxylic acids is 1. The largest absolute Gasteiger partial charge is 0.488 e. The van der Waals surface area contributed by atoms with E-state index in [1.807, 2.05) is 18.2 Å². The first kappa shape index (κ1) is 24.7. The van der Waals surface area contributed by atoms with E-state index in [2.05, 4.69) is 21.2 Å². The van der Waals surface area contributed by atoms with Crippen molar-refractivity contribution < 1.29 is 23.8 Å². The van der Waals surface area contributed by atoms with Crippen LogP contribution in [0.4, 0.5) is 10.1 Å². The van der Waals surface area contributed by atoms with Gasteiger partial charge < -0.3 is 15.2 Å². The normalized spacial score (nSPS) is 13.1. The molecule has 180 valence electrons. The number of carbonyl (C=O) groups is 2. The van der Waals surface area contributed by atoms with E-state index >= 15 is 0 Å². The Morgan fingerprint density at radius 2 is 1.80 bits per heavy atom. The van der Waals surface area contributed by atoms with E-state index in [-0.39, 0.29) is 23.7 Å². The van der Waals surface area contributed by atoms with Crippen LogP contribution in [0.5, 0.6) is 5.75 Å². The number of hydrogen-bond acceptors (Lipinski definition) is 3. The zero-order chi connectivity index (χ0) is 24.8. The average molecular weight is 538 g/mol. The van der Waals surface area contributed by atoms with Crippen molar-refractivity contribution in [3.63, 3.8) is 0 Å². The number of nitrogens with one attached hydrogen (secondary N) is 1. The minimum Gasteiger partial charge on any atom is -0.488 e. The first-order chi connectivity index (χ1) is 16.9. The van der Waals surface area contributed by atoms with Gasteiger partial charge in [0.2, 0.25) is 5.91 Å². The molecule has 1 amide bonds. The number of amides is 1. The first-order valence-electron chi connectivity index (χ1n) is 11.4. The maximum absolute atomic E-state index is 13.2. The molecular weight excluding hydrogens is 513 g/mol. The summed E-state index contributed by atoms with van der Waals surface area (Å²) in [4.78, 5) is 24.0. The van der Waals surface area contributed by atoms with Gasteiger partial charge >= 0.3 is 5.97 Å². The summed E-state index contributed by atoms with van der Waals surface area (Å²) >= 11 is 3.55. The molecule has 2 N–H and O–H groups in total. The molecule has 0 aromatic heterocycles. The molecule has 35 heavy (non-hydrogen) atoms. The summed E-state index contributed by atoms with van der Waals surface area (Å²) in [5.74, 6) is -0.843. The van der Waals surface area contributed by atoms with Gasteiger partial charge in [-0.1, -0.05) is 45.8 Å². The van der Waals surface area contributed by atoms with Crippen LogP contribution in [0.15, 0.2) is 76.8 Å². The van der Waals surface area contributed by atoms with Crippen molar-refractivity contribution in [3.05, 3.63) is 99.3 Å². The molecular formula is C28H25BrFNO4. The monoisotopic (exact) mass is 537 g/mol. The van der Waals surface area contributed by atoms with Crippen molar-refractivity contribution in [1.82, 2.24) is 0 Å². The Morgan fingerprint density at radius 1 is 1.03 bits per heavy atom. The van der Waals surface area contributed by atoms with Crippen molar-refractivity contribution in [2.45, 2.75) is 38.7 Å².